The SMILES string of the molecule is Cn1nc(CNS(=O)(=O)Cc2cccc(F)c2)cc1-c1ccccn1. The van der Waals surface area contributed by atoms with Crippen LogP contribution >= 0.6 is 0 Å². The standard InChI is InChI=1S/C17H17FN4O2S/c1-22-17(16-7-2-3-8-19-16)10-15(21-22)11-20-25(23,24)12-13-5-4-6-14(18)9-13/h2-10,20H,11-12H2,1H3. The third kappa shape index (κ3) is 4.49. The summed E-state index contributed by atoms with van der Waals surface area (Å²) in [6.45, 7) is 0.0539. The van der Waals surface area contributed by atoms with Crippen LogP contribution in [0.4, 0.5) is 4.39 Å². The van der Waals surface area contributed by atoms with Crippen LogP contribution in [0.1, 0.15) is 11.3 Å². The van der Waals surface area contributed by atoms with Gasteiger partial charge in [0.2, 0.25) is 10.0 Å². The lowest BCUT2D eigenvalue weighted by molar-refractivity contribution is 0.578. The number of nitrogens with one attached hydrogen (secondary N) is 1. The van der Waals surface area contributed by atoms with Crippen LogP contribution in [0.5, 0.6) is 0 Å². The van der Waals surface area contributed by atoms with Gasteiger partial charge in [0, 0.05) is 13.2 Å². The highest BCUT2D eigenvalue weighted by molar-refractivity contribution is 7.88. The van der Waals surface area contributed by atoms with E-state index in [0.717, 1.165) is 11.4 Å². The van der Waals surface area contributed by atoms with Gasteiger partial charge in [0.25, 0.3) is 0 Å². The highest BCUT2D eigenvalue weighted by atomic mass is 32.2. The number of halogens is 1. The molecule has 0 aliphatic heterocycles. The molecule has 0 aliphatic rings. The van der Waals surface area contributed by atoms with Crippen LogP contribution in [0, 0.1) is 5.82 Å². The highest BCUT2D eigenvalue weighted by Crippen LogP contribution is 2.17. The zero-order valence-corrected chi connectivity index (χ0v) is 14.4. The largest absolute Gasteiger partial charge is 0.266 e. The van der Waals surface area contributed by atoms with Crippen molar-refractivity contribution in [3.8, 4) is 11.4 Å². The Kier molecular flexibility index (Phi) is 4.91. The molecule has 1 aromatic carbocycles. The van der Waals surface area contributed by atoms with Crippen LogP contribution < -0.4 is 4.72 Å². The zero-order chi connectivity index (χ0) is 17.9. The molecule has 0 bridgehead atoms. The second kappa shape index (κ2) is 7.12. The molecular formula is C17H17FN4O2S. The van der Waals surface area contributed by atoms with Crippen molar-refractivity contribution in [2.24, 2.45) is 7.05 Å². The molecule has 1 N–H and O–H groups in total. The van der Waals surface area contributed by atoms with Gasteiger partial charge < -0.3 is 0 Å². The molecule has 3 aromatic rings. The Labute approximate surface area is 145 Å². The number of hydrogen-bond acceptors (Lipinski definition) is 4. The number of rotatable bonds is 6. The fourth-order valence-electron chi connectivity index (χ4n) is 2.45. The average molecular weight is 360 g/mol. The molecular weight excluding hydrogens is 343 g/mol. The molecule has 0 unspecified atom stereocenters. The van der Waals surface area contributed by atoms with Gasteiger partial charge in [-0.1, -0.05) is 18.2 Å². The van der Waals surface area contributed by atoms with Gasteiger partial charge in [-0.2, -0.15) is 5.10 Å². The van der Waals surface area contributed by atoms with Crippen molar-refractivity contribution in [1.29, 1.82) is 0 Å². The van der Waals surface area contributed by atoms with Crippen molar-refractivity contribution in [3.63, 3.8) is 0 Å². The normalized spacial score (nSPS) is 11.6. The Hall–Kier alpha value is -2.58. The van der Waals surface area contributed by atoms with Crippen LogP contribution in [0.2, 0.25) is 0 Å². The van der Waals surface area contributed by atoms with Crippen LogP contribution in [-0.2, 0) is 29.4 Å². The molecule has 0 saturated carbocycles. The van der Waals surface area contributed by atoms with Gasteiger partial charge in [0.1, 0.15) is 5.82 Å². The van der Waals surface area contributed by atoms with Gasteiger partial charge in [0.15, 0.2) is 0 Å². The van der Waals surface area contributed by atoms with Crippen LogP contribution in [0.25, 0.3) is 11.4 Å². The lowest BCUT2D eigenvalue weighted by Gasteiger charge is -2.05. The average Bonchev–Trinajstić information content (AvgIpc) is 2.95. The van der Waals surface area contributed by atoms with E-state index < -0.39 is 15.8 Å². The fraction of sp³-hybridized carbons (Fsp3) is 0.176. The number of aryl methyl sites for hydroxylation is 1. The first-order chi connectivity index (χ1) is 11.9. The summed E-state index contributed by atoms with van der Waals surface area (Å²) in [5.74, 6) is -0.748. The van der Waals surface area contributed by atoms with E-state index in [1.54, 1.807) is 30.1 Å². The van der Waals surface area contributed by atoms with Crippen molar-refractivity contribution in [3.05, 3.63) is 71.8 Å². The molecule has 25 heavy (non-hydrogen) atoms. The third-order valence-electron chi connectivity index (χ3n) is 3.58. The number of nitrogens with zero attached hydrogens (tertiary/aromatic N) is 3. The van der Waals surface area contributed by atoms with Gasteiger partial charge in [-0.3, -0.25) is 9.67 Å². The molecule has 8 heteroatoms. The summed E-state index contributed by atoms with van der Waals surface area (Å²) in [6, 6.07) is 12.9. The lowest BCUT2D eigenvalue weighted by Crippen LogP contribution is -2.25. The van der Waals surface area contributed by atoms with Crippen molar-refractivity contribution in [1.82, 2.24) is 19.5 Å². The molecule has 0 spiro atoms. The summed E-state index contributed by atoms with van der Waals surface area (Å²) in [6.07, 6.45) is 1.68. The minimum absolute atomic E-state index is 0.0539. The van der Waals surface area contributed by atoms with Crippen LogP contribution in [0.3, 0.4) is 0 Å². The zero-order valence-electron chi connectivity index (χ0n) is 13.6. The maximum Gasteiger partial charge on any atom is 0.216 e. The highest BCUT2D eigenvalue weighted by Gasteiger charge is 2.14. The molecule has 2 aromatic heterocycles. The Morgan fingerprint density at radius 2 is 2.00 bits per heavy atom. The van der Waals surface area contributed by atoms with Gasteiger partial charge in [-0.15, -0.1) is 0 Å². The lowest BCUT2D eigenvalue weighted by atomic mass is 10.2. The predicted octanol–water partition coefficient (Wildman–Crippen LogP) is 2.24. The topological polar surface area (TPSA) is 76.9 Å². The van der Waals surface area contributed by atoms with E-state index >= 15 is 0 Å². The maximum atomic E-state index is 13.2. The van der Waals surface area contributed by atoms with Gasteiger partial charge in [-0.25, -0.2) is 17.5 Å². The fourth-order valence-corrected chi connectivity index (χ4v) is 3.54. The number of sulfonamides is 1. The van der Waals surface area contributed by atoms with Gasteiger partial charge in [-0.05, 0) is 35.9 Å². The smallest absolute Gasteiger partial charge is 0.216 e. The van der Waals surface area contributed by atoms with Gasteiger partial charge in [0.05, 0.1) is 29.4 Å². The number of benzene rings is 1. The Balaban J connectivity index is 1.69. The summed E-state index contributed by atoms with van der Waals surface area (Å²) in [4.78, 5) is 4.26. The molecule has 0 fully saturated rings. The molecule has 0 amide bonds. The summed E-state index contributed by atoms with van der Waals surface area (Å²) < 4.78 is 41.6. The molecule has 130 valence electrons. The monoisotopic (exact) mass is 360 g/mol. The van der Waals surface area contributed by atoms with Crippen molar-refractivity contribution in [2.75, 3.05) is 0 Å². The first kappa shape index (κ1) is 17.2. The predicted molar refractivity (Wildman–Crippen MR) is 92.3 cm³/mol. The molecule has 0 aliphatic carbocycles. The summed E-state index contributed by atoms with van der Waals surface area (Å²) >= 11 is 0. The molecule has 6 nitrogen and oxygen atoms in total. The van der Waals surface area contributed by atoms with Crippen molar-refractivity contribution < 1.29 is 12.8 Å². The van der Waals surface area contributed by atoms with Crippen LogP contribution in [-0.4, -0.2) is 23.2 Å². The first-order valence-electron chi connectivity index (χ1n) is 7.59. The second-order valence-electron chi connectivity index (χ2n) is 5.57. The van der Waals surface area contributed by atoms with E-state index in [1.807, 2.05) is 18.2 Å². The minimum atomic E-state index is -3.60. The third-order valence-corrected chi connectivity index (χ3v) is 4.87. The first-order valence-corrected chi connectivity index (χ1v) is 9.24. The van der Waals surface area contributed by atoms with E-state index in [4.69, 9.17) is 0 Å². The molecule has 0 atom stereocenters. The maximum absolute atomic E-state index is 13.2. The van der Waals surface area contributed by atoms with E-state index in [2.05, 4.69) is 14.8 Å². The summed E-state index contributed by atoms with van der Waals surface area (Å²) in [5.41, 5.74) is 2.51. The number of pyridine rings is 1. The summed E-state index contributed by atoms with van der Waals surface area (Å²) in [5, 5.41) is 4.30. The Bertz CT molecular complexity index is 971. The number of hydrogen-bond donors (Lipinski definition) is 1. The quantitative estimate of drug-likeness (QED) is 0.731. The van der Waals surface area contributed by atoms with Crippen LogP contribution in [0.15, 0.2) is 54.7 Å². The second-order valence-corrected chi connectivity index (χ2v) is 7.38. The van der Waals surface area contributed by atoms with E-state index in [-0.39, 0.29) is 12.3 Å². The van der Waals surface area contributed by atoms with Gasteiger partial charge >= 0.3 is 0 Å². The van der Waals surface area contributed by atoms with E-state index in [0.29, 0.717) is 11.3 Å². The molecule has 0 saturated heterocycles. The Morgan fingerprint density at radius 3 is 2.72 bits per heavy atom. The van der Waals surface area contributed by atoms with E-state index in [1.165, 1.54) is 18.2 Å². The van der Waals surface area contributed by atoms with E-state index in [9.17, 15) is 12.8 Å². The molecule has 3 rings (SSSR count). The Morgan fingerprint density at radius 1 is 1.16 bits per heavy atom. The minimum Gasteiger partial charge on any atom is -0.266 e. The molecule has 0 radical (unpaired) electrons. The van der Waals surface area contributed by atoms with Crippen molar-refractivity contribution in [2.45, 2.75) is 12.3 Å². The number of aromatic nitrogens is 3. The molecule has 2 heterocycles. The summed E-state index contributed by atoms with van der Waals surface area (Å²) in [7, 11) is -1.83. The van der Waals surface area contributed by atoms with Crippen molar-refractivity contribution >= 4 is 10.0 Å².